The standard InChI is InChI=1S/C44H76NO10P/c1-3-5-7-9-11-13-15-17-18-19-20-21-22-24-25-27-29-31-33-35-42(46)52-37-40(38-53-56(50,51)54-39-41(45)44(48)49)55-43(47)36-34-32-30-28-26-23-16-14-12-10-8-6-4-2/h6,8,10,12,14,16,23,26,28,30,40-41H,3-5,7,9,11,13,15,17-22,24-25,27,29,31-39,45H2,1-2H3,(H,48,49)(H,50,51)/b8-6+,12-10+,16-14+,26-23+,30-28+/t40?,41-/m1/s1. The summed E-state index contributed by atoms with van der Waals surface area (Å²) in [6.45, 7) is 2.58. The number of phosphoric ester groups is 1. The highest BCUT2D eigenvalue weighted by atomic mass is 31.2. The quantitative estimate of drug-likeness (QED) is 0.0233. The number of carboxylic acids is 1. The summed E-state index contributed by atoms with van der Waals surface area (Å²) in [7, 11) is -4.73. The maximum absolute atomic E-state index is 12.6. The maximum atomic E-state index is 12.6. The highest BCUT2D eigenvalue weighted by Crippen LogP contribution is 2.43. The fourth-order valence-electron chi connectivity index (χ4n) is 5.57. The zero-order valence-corrected chi connectivity index (χ0v) is 35.6. The molecule has 56 heavy (non-hydrogen) atoms. The van der Waals surface area contributed by atoms with Crippen LogP contribution in [0.15, 0.2) is 60.8 Å². The van der Waals surface area contributed by atoms with Crippen molar-refractivity contribution in [1.29, 1.82) is 0 Å². The molecule has 0 radical (unpaired) electrons. The van der Waals surface area contributed by atoms with E-state index in [2.05, 4.69) is 24.4 Å². The predicted octanol–water partition coefficient (Wildman–Crippen LogP) is 11.2. The number of hydrogen-bond donors (Lipinski definition) is 3. The first kappa shape index (κ1) is 53.2. The van der Waals surface area contributed by atoms with Gasteiger partial charge in [-0.2, -0.15) is 0 Å². The van der Waals surface area contributed by atoms with Crippen LogP contribution in [0.1, 0.15) is 168 Å². The first-order valence-electron chi connectivity index (χ1n) is 21.4. The Bertz CT molecular complexity index is 1180. The van der Waals surface area contributed by atoms with E-state index in [1.807, 2.05) is 54.7 Å². The normalized spacial score (nSPS) is 14.4. The lowest BCUT2D eigenvalue weighted by molar-refractivity contribution is -0.161. The van der Waals surface area contributed by atoms with E-state index in [1.165, 1.54) is 96.3 Å². The van der Waals surface area contributed by atoms with Crippen LogP contribution in [-0.2, 0) is 37.5 Å². The van der Waals surface area contributed by atoms with Crippen molar-refractivity contribution in [2.24, 2.45) is 5.73 Å². The third kappa shape index (κ3) is 38.1. The molecule has 0 saturated heterocycles. The van der Waals surface area contributed by atoms with Gasteiger partial charge in [0.15, 0.2) is 6.10 Å². The molecule has 2 unspecified atom stereocenters. The summed E-state index contributed by atoms with van der Waals surface area (Å²) < 4.78 is 32.6. The van der Waals surface area contributed by atoms with Crippen LogP contribution in [0.25, 0.3) is 0 Å². The van der Waals surface area contributed by atoms with Crippen LogP contribution in [0.5, 0.6) is 0 Å². The zero-order valence-electron chi connectivity index (χ0n) is 34.7. The summed E-state index contributed by atoms with van der Waals surface area (Å²) in [6.07, 6.45) is 44.5. The monoisotopic (exact) mass is 810 g/mol. The highest BCUT2D eigenvalue weighted by Gasteiger charge is 2.28. The van der Waals surface area contributed by atoms with Gasteiger partial charge in [0.25, 0.3) is 0 Å². The number of carbonyl (C=O) groups is 3. The second-order valence-electron chi connectivity index (χ2n) is 14.2. The molecule has 0 heterocycles. The SMILES string of the molecule is CC/C=C/C=C/C=C/C=C/C=C/CCCC(=O)OC(COC(=O)CCCCCCCCCCCCCCCCCCCCC)COP(=O)(O)OC[C@@H](N)C(=O)O. The van der Waals surface area contributed by atoms with Gasteiger partial charge < -0.3 is 25.2 Å². The molecule has 0 aromatic rings. The van der Waals surface area contributed by atoms with Crippen molar-refractivity contribution in [2.75, 3.05) is 19.8 Å². The van der Waals surface area contributed by atoms with E-state index >= 15 is 0 Å². The van der Waals surface area contributed by atoms with Gasteiger partial charge in [-0.1, -0.05) is 190 Å². The molecule has 3 atom stereocenters. The van der Waals surface area contributed by atoms with E-state index in [-0.39, 0.29) is 19.4 Å². The van der Waals surface area contributed by atoms with Crippen LogP contribution in [0.2, 0.25) is 0 Å². The van der Waals surface area contributed by atoms with Gasteiger partial charge >= 0.3 is 25.7 Å². The molecule has 12 heteroatoms. The van der Waals surface area contributed by atoms with Crippen LogP contribution >= 0.6 is 7.82 Å². The molecule has 0 bridgehead atoms. The van der Waals surface area contributed by atoms with Crippen LogP contribution in [0.3, 0.4) is 0 Å². The molecule has 0 fully saturated rings. The molecule has 0 rings (SSSR count). The molecular formula is C44H76NO10P. The number of phosphoric acid groups is 1. The first-order chi connectivity index (χ1) is 27.1. The van der Waals surface area contributed by atoms with Gasteiger partial charge in [-0.25, -0.2) is 4.57 Å². The maximum Gasteiger partial charge on any atom is 0.472 e. The van der Waals surface area contributed by atoms with Gasteiger partial charge in [0, 0.05) is 12.8 Å². The Balaban J connectivity index is 4.39. The van der Waals surface area contributed by atoms with E-state index in [4.69, 9.17) is 24.8 Å². The van der Waals surface area contributed by atoms with Crippen LogP contribution in [0.4, 0.5) is 0 Å². The largest absolute Gasteiger partial charge is 0.480 e. The Morgan fingerprint density at radius 3 is 1.48 bits per heavy atom. The van der Waals surface area contributed by atoms with E-state index in [0.717, 1.165) is 25.7 Å². The number of hydrogen-bond acceptors (Lipinski definition) is 9. The lowest BCUT2D eigenvalue weighted by Crippen LogP contribution is -2.34. The minimum absolute atomic E-state index is 0.0641. The average molecular weight is 810 g/mol. The van der Waals surface area contributed by atoms with Gasteiger partial charge in [0.2, 0.25) is 0 Å². The third-order valence-corrected chi connectivity index (χ3v) is 9.86. The summed E-state index contributed by atoms with van der Waals surface area (Å²) in [4.78, 5) is 45.8. The Labute approximate surface area is 338 Å². The number of carboxylic acid groups (broad SMARTS) is 1. The smallest absolute Gasteiger partial charge is 0.472 e. The summed E-state index contributed by atoms with van der Waals surface area (Å²) in [5, 5.41) is 8.88. The predicted molar refractivity (Wildman–Crippen MR) is 226 cm³/mol. The van der Waals surface area contributed by atoms with Gasteiger partial charge in [0.1, 0.15) is 12.6 Å². The molecule has 0 aliphatic carbocycles. The fourth-order valence-corrected chi connectivity index (χ4v) is 6.34. The third-order valence-electron chi connectivity index (χ3n) is 8.91. The number of esters is 2. The topological polar surface area (TPSA) is 172 Å². The Kier molecular flexibility index (Phi) is 37.1. The number of carbonyl (C=O) groups excluding carboxylic acids is 2. The molecule has 0 aliphatic rings. The number of unbranched alkanes of at least 4 members (excludes halogenated alkanes) is 19. The van der Waals surface area contributed by atoms with E-state index in [9.17, 15) is 23.8 Å². The Morgan fingerprint density at radius 2 is 1.00 bits per heavy atom. The number of aliphatic carboxylic acids is 1. The molecule has 322 valence electrons. The fraction of sp³-hybridized carbons (Fsp3) is 0.705. The van der Waals surface area contributed by atoms with E-state index in [1.54, 1.807) is 0 Å². The molecule has 11 nitrogen and oxygen atoms in total. The number of allylic oxidation sites excluding steroid dienone is 10. The van der Waals surface area contributed by atoms with Gasteiger partial charge in [-0.05, 0) is 25.7 Å². The molecule has 0 amide bonds. The highest BCUT2D eigenvalue weighted by molar-refractivity contribution is 7.47. The number of rotatable bonds is 39. The van der Waals surface area contributed by atoms with Crippen LogP contribution < -0.4 is 5.73 Å². The minimum Gasteiger partial charge on any atom is -0.480 e. The second-order valence-corrected chi connectivity index (χ2v) is 15.7. The molecule has 0 aromatic carbocycles. The van der Waals surface area contributed by atoms with Crippen molar-refractivity contribution in [3.8, 4) is 0 Å². The molecule has 0 aromatic heterocycles. The molecular weight excluding hydrogens is 733 g/mol. The lowest BCUT2D eigenvalue weighted by atomic mass is 10.0. The van der Waals surface area contributed by atoms with Crippen molar-refractivity contribution in [3.05, 3.63) is 60.8 Å². The zero-order chi connectivity index (χ0) is 41.4. The van der Waals surface area contributed by atoms with E-state index in [0.29, 0.717) is 19.3 Å². The summed E-state index contributed by atoms with van der Waals surface area (Å²) >= 11 is 0. The number of nitrogens with two attached hydrogens (primary N) is 1. The summed E-state index contributed by atoms with van der Waals surface area (Å²) in [5.74, 6) is -2.47. The van der Waals surface area contributed by atoms with Crippen molar-refractivity contribution in [2.45, 2.75) is 180 Å². The van der Waals surface area contributed by atoms with Crippen molar-refractivity contribution < 1.29 is 47.5 Å². The van der Waals surface area contributed by atoms with Gasteiger partial charge in [-0.3, -0.25) is 23.4 Å². The first-order valence-corrected chi connectivity index (χ1v) is 22.9. The van der Waals surface area contributed by atoms with E-state index < -0.39 is 51.1 Å². The molecule has 0 spiro atoms. The second kappa shape index (κ2) is 39.0. The van der Waals surface area contributed by atoms with Gasteiger partial charge in [-0.15, -0.1) is 0 Å². The van der Waals surface area contributed by atoms with Gasteiger partial charge in [0.05, 0.1) is 13.2 Å². The van der Waals surface area contributed by atoms with Crippen LogP contribution in [0, 0.1) is 0 Å². The van der Waals surface area contributed by atoms with Crippen molar-refractivity contribution >= 4 is 25.7 Å². The average Bonchev–Trinajstić information content (AvgIpc) is 3.17. The summed E-state index contributed by atoms with van der Waals surface area (Å²) in [6, 6.07) is -1.53. The van der Waals surface area contributed by atoms with Crippen molar-refractivity contribution in [3.63, 3.8) is 0 Å². The Hall–Kier alpha value is -2.82. The van der Waals surface area contributed by atoms with Crippen molar-refractivity contribution in [1.82, 2.24) is 0 Å². The minimum atomic E-state index is -4.73. The summed E-state index contributed by atoms with van der Waals surface area (Å²) in [5.41, 5.74) is 5.32. The number of ether oxygens (including phenoxy) is 2. The molecule has 0 saturated carbocycles. The Morgan fingerprint density at radius 1 is 0.571 bits per heavy atom. The molecule has 0 aliphatic heterocycles. The lowest BCUT2D eigenvalue weighted by Gasteiger charge is -2.20. The molecule has 4 N–H and O–H groups in total. The van der Waals surface area contributed by atoms with Crippen LogP contribution in [-0.4, -0.2) is 59.9 Å².